The number of anilines is 2. The fraction of sp³-hybridized carbons (Fsp3) is 0.417. The number of carbonyl (C=O) groups excluding carboxylic acids is 1. The van der Waals surface area contributed by atoms with E-state index >= 15 is 0 Å². The Hall–Kier alpha value is -1.64. The molecule has 1 aromatic carbocycles. The Morgan fingerprint density at radius 3 is 2.60 bits per heavy atom. The monoisotopic (exact) mass is 300 g/mol. The van der Waals surface area contributed by atoms with Crippen molar-refractivity contribution in [3.05, 3.63) is 24.3 Å². The van der Waals surface area contributed by atoms with Crippen LogP contribution in [-0.4, -0.2) is 20.9 Å². The minimum absolute atomic E-state index is 0.133. The van der Waals surface area contributed by atoms with Crippen molar-refractivity contribution in [3.8, 4) is 0 Å². The molecule has 0 heterocycles. The summed E-state index contributed by atoms with van der Waals surface area (Å²) >= 11 is 0. The van der Waals surface area contributed by atoms with Gasteiger partial charge in [-0.15, -0.1) is 0 Å². The van der Waals surface area contributed by atoms with E-state index in [1.807, 2.05) is 6.92 Å². The SMILES string of the molecule is CC(CCCN)C(=O)Nc1cccc(NS(N)(=O)=O)c1. The van der Waals surface area contributed by atoms with E-state index in [-0.39, 0.29) is 11.8 Å². The number of nitrogens with two attached hydrogens (primary N) is 2. The van der Waals surface area contributed by atoms with E-state index in [1.54, 1.807) is 12.1 Å². The second kappa shape index (κ2) is 7.22. The molecular formula is C12H20N4O3S. The molecule has 0 bridgehead atoms. The van der Waals surface area contributed by atoms with Crippen LogP contribution in [0.5, 0.6) is 0 Å². The Morgan fingerprint density at radius 2 is 2.00 bits per heavy atom. The molecule has 6 N–H and O–H groups in total. The van der Waals surface area contributed by atoms with Gasteiger partial charge in [-0.05, 0) is 37.6 Å². The van der Waals surface area contributed by atoms with Gasteiger partial charge in [0, 0.05) is 11.6 Å². The van der Waals surface area contributed by atoms with Gasteiger partial charge >= 0.3 is 0 Å². The summed E-state index contributed by atoms with van der Waals surface area (Å²) in [5.74, 6) is -0.292. The van der Waals surface area contributed by atoms with Crippen molar-refractivity contribution >= 4 is 27.5 Å². The zero-order valence-corrected chi connectivity index (χ0v) is 12.1. The lowest BCUT2D eigenvalue weighted by Crippen LogP contribution is -2.22. The van der Waals surface area contributed by atoms with Crippen LogP contribution in [0.3, 0.4) is 0 Å². The first-order valence-corrected chi connectivity index (χ1v) is 7.78. The number of benzene rings is 1. The molecule has 7 nitrogen and oxygen atoms in total. The summed E-state index contributed by atoms with van der Waals surface area (Å²) in [4.78, 5) is 11.9. The lowest BCUT2D eigenvalue weighted by Gasteiger charge is -2.12. The maximum absolute atomic E-state index is 11.9. The zero-order valence-electron chi connectivity index (χ0n) is 11.3. The van der Waals surface area contributed by atoms with E-state index in [4.69, 9.17) is 10.9 Å². The second-order valence-electron chi connectivity index (χ2n) is 4.55. The summed E-state index contributed by atoms with van der Waals surface area (Å²) in [5.41, 5.74) is 6.19. The first-order chi connectivity index (χ1) is 9.31. The van der Waals surface area contributed by atoms with Gasteiger partial charge in [-0.1, -0.05) is 13.0 Å². The van der Waals surface area contributed by atoms with Crippen molar-refractivity contribution in [2.24, 2.45) is 16.8 Å². The summed E-state index contributed by atoms with van der Waals surface area (Å²) in [6.45, 7) is 2.36. The lowest BCUT2D eigenvalue weighted by molar-refractivity contribution is -0.119. The van der Waals surface area contributed by atoms with Crippen LogP contribution in [0.4, 0.5) is 11.4 Å². The molecule has 0 aromatic heterocycles. The molecule has 0 spiro atoms. The molecule has 0 fully saturated rings. The van der Waals surface area contributed by atoms with Crippen LogP contribution in [0.15, 0.2) is 24.3 Å². The number of hydrogen-bond donors (Lipinski definition) is 4. The minimum atomic E-state index is -3.83. The highest BCUT2D eigenvalue weighted by atomic mass is 32.2. The second-order valence-corrected chi connectivity index (χ2v) is 5.84. The third-order valence-electron chi connectivity index (χ3n) is 2.68. The molecule has 0 aliphatic rings. The molecule has 0 radical (unpaired) electrons. The normalized spacial score (nSPS) is 12.8. The van der Waals surface area contributed by atoms with E-state index in [1.165, 1.54) is 12.1 Å². The van der Waals surface area contributed by atoms with Crippen LogP contribution in [0, 0.1) is 5.92 Å². The topological polar surface area (TPSA) is 127 Å². The first kappa shape index (κ1) is 16.4. The van der Waals surface area contributed by atoms with Gasteiger partial charge in [-0.25, -0.2) is 5.14 Å². The fourth-order valence-electron chi connectivity index (χ4n) is 1.65. The van der Waals surface area contributed by atoms with E-state index in [9.17, 15) is 13.2 Å². The number of amides is 1. The van der Waals surface area contributed by atoms with Crippen molar-refractivity contribution in [2.45, 2.75) is 19.8 Å². The molecule has 1 atom stereocenters. The third-order valence-corrected chi connectivity index (χ3v) is 3.20. The zero-order chi connectivity index (χ0) is 15.2. The quantitative estimate of drug-likeness (QED) is 0.588. The highest BCUT2D eigenvalue weighted by molar-refractivity contribution is 7.90. The number of carbonyl (C=O) groups is 1. The summed E-state index contributed by atoms with van der Waals surface area (Å²) in [7, 11) is -3.83. The Labute approximate surface area is 118 Å². The maximum atomic E-state index is 11.9. The third kappa shape index (κ3) is 6.00. The van der Waals surface area contributed by atoms with Crippen LogP contribution in [0.1, 0.15) is 19.8 Å². The molecule has 1 amide bonds. The van der Waals surface area contributed by atoms with Crippen LogP contribution in [-0.2, 0) is 15.0 Å². The van der Waals surface area contributed by atoms with Gasteiger partial charge in [0.2, 0.25) is 5.91 Å². The molecule has 1 rings (SSSR count). The van der Waals surface area contributed by atoms with E-state index in [2.05, 4.69) is 10.0 Å². The van der Waals surface area contributed by atoms with Crippen LogP contribution in [0.2, 0.25) is 0 Å². The molecule has 0 aliphatic heterocycles. The summed E-state index contributed by atoms with van der Waals surface area (Å²) in [5, 5.41) is 7.61. The van der Waals surface area contributed by atoms with Crippen molar-refractivity contribution in [3.63, 3.8) is 0 Å². The molecule has 0 aliphatic carbocycles. The molecule has 0 saturated carbocycles. The van der Waals surface area contributed by atoms with E-state index < -0.39 is 10.2 Å². The van der Waals surface area contributed by atoms with Crippen molar-refractivity contribution in [1.82, 2.24) is 0 Å². The fourth-order valence-corrected chi connectivity index (χ4v) is 2.10. The maximum Gasteiger partial charge on any atom is 0.296 e. The Morgan fingerprint density at radius 1 is 1.35 bits per heavy atom. The summed E-state index contributed by atoms with van der Waals surface area (Å²) < 4.78 is 24.0. The molecule has 20 heavy (non-hydrogen) atoms. The van der Waals surface area contributed by atoms with Gasteiger partial charge in [0.05, 0.1) is 5.69 Å². The average Bonchev–Trinajstić information content (AvgIpc) is 2.34. The van der Waals surface area contributed by atoms with E-state index in [0.717, 1.165) is 6.42 Å². The van der Waals surface area contributed by atoms with Gasteiger partial charge in [0.1, 0.15) is 0 Å². The average molecular weight is 300 g/mol. The van der Waals surface area contributed by atoms with Crippen molar-refractivity contribution < 1.29 is 13.2 Å². The highest BCUT2D eigenvalue weighted by Crippen LogP contribution is 2.17. The first-order valence-electron chi connectivity index (χ1n) is 6.23. The smallest absolute Gasteiger partial charge is 0.296 e. The highest BCUT2D eigenvalue weighted by Gasteiger charge is 2.12. The number of hydrogen-bond acceptors (Lipinski definition) is 4. The van der Waals surface area contributed by atoms with Crippen LogP contribution >= 0.6 is 0 Å². The summed E-state index contributed by atoms with van der Waals surface area (Å²) in [6, 6.07) is 6.32. The van der Waals surface area contributed by atoms with Gasteiger partial charge in [0.15, 0.2) is 0 Å². The molecule has 0 saturated heterocycles. The largest absolute Gasteiger partial charge is 0.330 e. The van der Waals surface area contributed by atoms with Crippen molar-refractivity contribution in [2.75, 3.05) is 16.6 Å². The minimum Gasteiger partial charge on any atom is -0.330 e. The van der Waals surface area contributed by atoms with Gasteiger partial charge in [-0.3, -0.25) is 9.52 Å². The van der Waals surface area contributed by atoms with Gasteiger partial charge in [0.25, 0.3) is 10.2 Å². The Balaban J connectivity index is 2.68. The molecule has 112 valence electrons. The molecule has 1 unspecified atom stereocenters. The number of nitrogens with one attached hydrogen (secondary N) is 2. The number of rotatable bonds is 7. The van der Waals surface area contributed by atoms with Crippen LogP contribution in [0.25, 0.3) is 0 Å². The molecular weight excluding hydrogens is 280 g/mol. The predicted octanol–water partition coefficient (Wildman–Crippen LogP) is 0.616. The molecule has 1 aromatic rings. The predicted molar refractivity (Wildman–Crippen MR) is 79.3 cm³/mol. The lowest BCUT2D eigenvalue weighted by atomic mass is 10.0. The van der Waals surface area contributed by atoms with Gasteiger partial charge < -0.3 is 11.1 Å². The Bertz CT molecular complexity index is 560. The van der Waals surface area contributed by atoms with Crippen LogP contribution < -0.4 is 20.9 Å². The van der Waals surface area contributed by atoms with E-state index in [0.29, 0.717) is 24.3 Å². The van der Waals surface area contributed by atoms with Crippen molar-refractivity contribution in [1.29, 1.82) is 0 Å². The summed E-state index contributed by atoms with van der Waals surface area (Å²) in [6.07, 6.45) is 1.49. The molecule has 8 heteroatoms. The Kier molecular flexibility index (Phi) is 5.93. The van der Waals surface area contributed by atoms with Gasteiger partial charge in [-0.2, -0.15) is 8.42 Å². The standard InChI is InChI=1S/C12H20N4O3S/c1-9(4-3-7-13)12(17)15-10-5-2-6-11(8-10)16-20(14,18)19/h2,5-6,8-9,16H,3-4,7,13H2,1H3,(H,15,17)(H2,14,18,19).